The average molecular weight is 308 g/mol. The Morgan fingerprint density at radius 1 is 1.44 bits per heavy atom. The van der Waals surface area contributed by atoms with E-state index in [1.54, 1.807) is 6.20 Å². The molecule has 0 aliphatic heterocycles. The van der Waals surface area contributed by atoms with Crippen molar-refractivity contribution in [3.8, 4) is 11.3 Å². The molecular formula is C13H14BrN3O. The van der Waals surface area contributed by atoms with Crippen molar-refractivity contribution in [3.05, 3.63) is 40.5 Å². The van der Waals surface area contributed by atoms with Crippen LogP contribution in [0.3, 0.4) is 0 Å². The Balaban J connectivity index is 2.36. The monoisotopic (exact) mass is 307 g/mol. The molecule has 94 valence electrons. The Morgan fingerprint density at radius 3 is 2.89 bits per heavy atom. The van der Waals surface area contributed by atoms with Crippen LogP contribution in [0.1, 0.15) is 24.2 Å². The van der Waals surface area contributed by atoms with Gasteiger partial charge in [-0.25, -0.2) is 0 Å². The largest absolute Gasteiger partial charge is 0.350 e. The van der Waals surface area contributed by atoms with Gasteiger partial charge in [0, 0.05) is 16.1 Å². The van der Waals surface area contributed by atoms with Crippen LogP contribution in [0.15, 0.2) is 34.9 Å². The fourth-order valence-corrected chi connectivity index (χ4v) is 2.06. The van der Waals surface area contributed by atoms with Crippen LogP contribution in [0.2, 0.25) is 0 Å². The molecule has 1 heterocycles. The molecule has 4 nitrogen and oxygen atoms in total. The Morgan fingerprint density at radius 2 is 2.22 bits per heavy atom. The first-order chi connectivity index (χ1) is 8.58. The lowest BCUT2D eigenvalue weighted by Crippen LogP contribution is -2.30. The summed E-state index contributed by atoms with van der Waals surface area (Å²) in [6, 6.07) is 7.84. The van der Waals surface area contributed by atoms with Crippen LogP contribution < -0.4 is 5.32 Å². The van der Waals surface area contributed by atoms with E-state index < -0.39 is 0 Å². The molecule has 5 heteroatoms. The Bertz CT molecular complexity index is 563. The normalized spacial score (nSPS) is 10.7. The molecule has 0 spiro atoms. The SMILES string of the molecule is CC(C)NC(=O)c1cn[nH]c1-c1cccc(Br)c1. The Kier molecular flexibility index (Phi) is 3.81. The summed E-state index contributed by atoms with van der Waals surface area (Å²) in [4.78, 5) is 12.0. The van der Waals surface area contributed by atoms with Gasteiger partial charge in [0.2, 0.25) is 0 Å². The van der Waals surface area contributed by atoms with Crippen LogP contribution in [0, 0.1) is 0 Å². The quantitative estimate of drug-likeness (QED) is 0.916. The number of aromatic nitrogens is 2. The number of halogens is 1. The minimum Gasteiger partial charge on any atom is -0.350 e. The van der Waals surface area contributed by atoms with Gasteiger partial charge in [0.05, 0.1) is 17.5 Å². The Hall–Kier alpha value is -1.62. The van der Waals surface area contributed by atoms with Crippen LogP contribution in [0.5, 0.6) is 0 Å². The minimum atomic E-state index is -0.117. The lowest BCUT2D eigenvalue weighted by molar-refractivity contribution is 0.0944. The molecule has 0 radical (unpaired) electrons. The highest BCUT2D eigenvalue weighted by atomic mass is 79.9. The highest BCUT2D eigenvalue weighted by molar-refractivity contribution is 9.10. The molecular weight excluding hydrogens is 294 g/mol. The van der Waals surface area contributed by atoms with Crippen LogP contribution in [0.4, 0.5) is 0 Å². The molecule has 0 aliphatic rings. The van der Waals surface area contributed by atoms with Crippen molar-refractivity contribution in [3.63, 3.8) is 0 Å². The summed E-state index contributed by atoms with van der Waals surface area (Å²) in [5, 5.41) is 9.69. The van der Waals surface area contributed by atoms with Gasteiger partial charge in [-0.15, -0.1) is 0 Å². The fraction of sp³-hybridized carbons (Fsp3) is 0.231. The predicted octanol–water partition coefficient (Wildman–Crippen LogP) is 2.98. The second-order valence-electron chi connectivity index (χ2n) is 4.30. The van der Waals surface area contributed by atoms with Gasteiger partial charge in [0.1, 0.15) is 0 Å². The maximum absolute atomic E-state index is 12.0. The molecule has 0 saturated carbocycles. The summed E-state index contributed by atoms with van der Waals surface area (Å²) in [5.74, 6) is -0.117. The summed E-state index contributed by atoms with van der Waals surface area (Å²) in [5.41, 5.74) is 2.21. The van der Waals surface area contributed by atoms with Gasteiger partial charge >= 0.3 is 0 Å². The van der Waals surface area contributed by atoms with E-state index in [9.17, 15) is 4.79 Å². The van der Waals surface area contributed by atoms with Gasteiger partial charge in [0.25, 0.3) is 5.91 Å². The first-order valence-corrected chi connectivity index (χ1v) is 6.47. The third kappa shape index (κ3) is 2.79. The minimum absolute atomic E-state index is 0.0998. The standard InChI is InChI=1S/C13H14BrN3O/c1-8(2)16-13(18)11-7-15-17-12(11)9-4-3-5-10(14)6-9/h3-8H,1-2H3,(H,15,17)(H,16,18). The highest BCUT2D eigenvalue weighted by Crippen LogP contribution is 2.24. The van der Waals surface area contributed by atoms with E-state index in [4.69, 9.17) is 0 Å². The number of amides is 1. The van der Waals surface area contributed by atoms with Crippen molar-refractivity contribution >= 4 is 21.8 Å². The van der Waals surface area contributed by atoms with Gasteiger partial charge in [-0.1, -0.05) is 28.1 Å². The number of nitrogens with one attached hydrogen (secondary N) is 2. The van der Waals surface area contributed by atoms with Crippen LogP contribution in [0.25, 0.3) is 11.3 Å². The van der Waals surface area contributed by atoms with Crippen LogP contribution in [-0.4, -0.2) is 22.1 Å². The Labute approximate surface area is 114 Å². The average Bonchev–Trinajstić information content (AvgIpc) is 2.76. The first kappa shape index (κ1) is 12.8. The van der Waals surface area contributed by atoms with Gasteiger partial charge in [-0.2, -0.15) is 5.10 Å². The van der Waals surface area contributed by atoms with E-state index in [-0.39, 0.29) is 11.9 Å². The number of carbonyl (C=O) groups excluding carboxylic acids is 1. The fourth-order valence-electron chi connectivity index (χ4n) is 1.66. The van der Waals surface area contributed by atoms with Gasteiger partial charge in [0.15, 0.2) is 0 Å². The maximum atomic E-state index is 12.0. The molecule has 2 rings (SSSR count). The van der Waals surface area contributed by atoms with Crippen molar-refractivity contribution in [2.75, 3.05) is 0 Å². The van der Waals surface area contributed by atoms with Crippen molar-refractivity contribution in [2.45, 2.75) is 19.9 Å². The number of hydrogen-bond donors (Lipinski definition) is 2. The number of benzene rings is 1. The molecule has 1 aromatic heterocycles. The number of nitrogens with zero attached hydrogens (tertiary/aromatic N) is 1. The smallest absolute Gasteiger partial charge is 0.255 e. The maximum Gasteiger partial charge on any atom is 0.255 e. The van der Waals surface area contributed by atoms with Crippen molar-refractivity contribution in [2.24, 2.45) is 0 Å². The molecule has 1 aromatic carbocycles. The van der Waals surface area contributed by atoms with E-state index in [1.165, 1.54) is 0 Å². The number of rotatable bonds is 3. The van der Waals surface area contributed by atoms with Crippen LogP contribution >= 0.6 is 15.9 Å². The van der Waals surface area contributed by atoms with Gasteiger partial charge in [-0.05, 0) is 26.0 Å². The molecule has 18 heavy (non-hydrogen) atoms. The zero-order valence-corrected chi connectivity index (χ0v) is 11.8. The van der Waals surface area contributed by atoms with Crippen molar-refractivity contribution < 1.29 is 4.79 Å². The molecule has 2 N–H and O–H groups in total. The molecule has 0 saturated heterocycles. The van der Waals surface area contributed by atoms with Crippen molar-refractivity contribution in [1.29, 1.82) is 0 Å². The zero-order chi connectivity index (χ0) is 13.1. The third-order valence-electron chi connectivity index (χ3n) is 2.42. The van der Waals surface area contributed by atoms with E-state index in [1.807, 2.05) is 38.1 Å². The zero-order valence-electron chi connectivity index (χ0n) is 10.2. The number of carbonyl (C=O) groups is 1. The summed E-state index contributed by atoms with van der Waals surface area (Å²) >= 11 is 3.41. The van der Waals surface area contributed by atoms with Gasteiger partial charge < -0.3 is 5.32 Å². The predicted molar refractivity (Wildman–Crippen MR) is 74.3 cm³/mol. The summed E-state index contributed by atoms with van der Waals surface area (Å²) in [7, 11) is 0. The molecule has 1 amide bonds. The van der Waals surface area contributed by atoms with E-state index >= 15 is 0 Å². The molecule has 2 aromatic rings. The topological polar surface area (TPSA) is 57.8 Å². The molecule has 0 aliphatic carbocycles. The summed E-state index contributed by atoms with van der Waals surface area (Å²) in [6.07, 6.45) is 1.55. The molecule has 0 atom stereocenters. The lowest BCUT2D eigenvalue weighted by atomic mass is 10.1. The van der Waals surface area contributed by atoms with E-state index in [0.717, 1.165) is 15.7 Å². The molecule has 0 bridgehead atoms. The highest BCUT2D eigenvalue weighted by Gasteiger charge is 2.15. The molecule has 0 fully saturated rings. The summed E-state index contributed by atoms with van der Waals surface area (Å²) < 4.78 is 0.963. The number of H-pyrrole nitrogens is 1. The first-order valence-electron chi connectivity index (χ1n) is 5.68. The van der Waals surface area contributed by atoms with Crippen molar-refractivity contribution in [1.82, 2.24) is 15.5 Å². The second kappa shape index (κ2) is 5.35. The lowest BCUT2D eigenvalue weighted by Gasteiger charge is -2.08. The van der Waals surface area contributed by atoms with E-state index in [2.05, 4.69) is 31.4 Å². The van der Waals surface area contributed by atoms with Crippen LogP contribution in [-0.2, 0) is 0 Å². The number of hydrogen-bond acceptors (Lipinski definition) is 2. The summed E-state index contributed by atoms with van der Waals surface area (Å²) in [6.45, 7) is 3.85. The van der Waals surface area contributed by atoms with E-state index in [0.29, 0.717) is 5.56 Å². The molecule has 0 unspecified atom stereocenters. The second-order valence-corrected chi connectivity index (χ2v) is 5.21. The third-order valence-corrected chi connectivity index (χ3v) is 2.91. The number of aromatic amines is 1. The van der Waals surface area contributed by atoms with Gasteiger partial charge in [-0.3, -0.25) is 9.89 Å².